The lowest BCUT2D eigenvalue weighted by atomic mass is 10.2. The molecule has 0 atom stereocenters. The molecule has 0 aromatic heterocycles. The molecule has 2 rings (SSSR count). The second-order valence-electron chi connectivity index (χ2n) is 6.82. The van der Waals surface area contributed by atoms with Gasteiger partial charge in [-0.05, 0) is 38.6 Å². The molecule has 0 aliphatic carbocycles. The summed E-state index contributed by atoms with van der Waals surface area (Å²) in [7, 11) is -3.48. The molecule has 0 bridgehead atoms. The molecule has 1 aromatic rings. The van der Waals surface area contributed by atoms with Crippen molar-refractivity contribution < 1.29 is 13.2 Å². The van der Waals surface area contributed by atoms with Gasteiger partial charge >= 0.3 is 0 Å². The summed E-state index contributed by atoms with van der Waals surface area (Å²) in [5.74, 6) is 0.0929. The molecule has 7 heteroatoms. The minimum absolute atomic E-state index is 0.0929. The van der Waals surface area contributed by atoms with E-state index in [1.54, 1.807) is 17.0 Å². The van der Waals surface area contributed by atoms with Crippen LogP contribution >= 0.6 is 0 Å². The van der Waals surface area contributed by atoms with Crippen molar-refractivity contribution in [3.8, 4) is 0 Å². The van der Waals surface area contributed by atoms with Crippen LogP contribution in [0.25, 0.3) is 0 Å². The molecule has 26 heavy (non-hydrogen) atoms. The molecule has 0 unspecified atom stereocenters. The lowest BCUT2D eigenvalue weighted by Gasteiger charge is -2.35. The topological polar surface area (TPSA) is 60.9 Å². The Bertz CT molecular complexity index is 680. The van der Waals surface area contributed by atoms with Crippen LogP contribution in [0.15, 0.2) is 29.2 Å². The Hall–Kier alpha value is -1.44. The van der Waals surface area contributed by atoms with Crippen LogP contribution in [0.3, 0.4) is 0 Å². The highest BCUT2D eigenvalue weighted by atomic mass is 32.2. The first-order valence-electron chi connectivity index (χ1n) is 9.45. The summed E-state index contributed by atoms with van der Waals surface area (Å²) in [6.45, 7) is 9.95. The molecular weight excluding hydrogens is 350 g/mol. The maximum absolute atomic E-state index is 12.7. The Morgan fingerprint density at radius 2 is 1.69 bits per heavy atom. The number of rotatable bonds is 8. The van der Waals surface area contributed by atoms with Crippen LogP contribution < -0.4 is 0 Å². The molecule has 1 amide bonds. The van der Waals surface area contributed by atoms with Crippen molar-refractivity contribution in [3.05, 3.63) is 29.8 Å². The SMILES string of the molecule is CCCCN(CC)CC(=O)N1CCN(S(=O)(=O)c2ccc(C)cc2)CC1. The second-order valence-corrected chi connectivity index (χ2v) is 8.76. The average molecular weight is 382 g/mol. The quantitative estimate of drug-likeness (QED) is 0.691. The molecule has 1 aliphatic heterocycles. The summed E-state index contributed by atoms with van der Waals surface area (Å²) in [6.07, 6.45) is 2.20. The first-order chi connectivity index (χ1) is 12.4. The van der Waals surface area contributed by atoms with Crippen LogP contribution in [-0.2, 0) is 14.8 Å². The largest absolute Gasteiger partial charge is 0.339 e. The molecule has 0 saturated carbocycles. The predicted octanol–water partition coefficient (Wildman–Crippen LogP) is 1.95. The summed E-state index contributed by atoms with van der Waals surface area (Å²) >= 11 is 0. The van der Waals surface area contributed by atoms with Crippen molar-refractivity contribution in [1.82, 2.24) is 14.1 Å². The van der Waals surface area contributed by atoms with Gasteiger partial charge in [-0.15, -0.1) is 0 Å². The first-order valence-corrected chi connectivity index (χ1v) is 10.9. The maximum Gasteiger partial charge on any atom is 0.243 e. The third-order valence-electron chi connectivity index (χ3n) is 4.88. The minimum atomic E-state index is -3.48. The van der Waals surface area contributed by atoms with E-state index in [2.05, 4.69) is 18.7 Å². The van der Waals surface area contributed by atoms with E-state index < -0.39 is 10.0 Å². The molecule has 1 aromatic carbocycles. The van der Waals surface area contributed by atoms with Crippen molar-refractivity contribution in [2.75, 3.05) is 45.8 Å². The van der Waals surface area contributed by atoms with Gasteiger partial charge in [-0.2, -0.15) is 4.31 Å². The molecule has 146 valence electrons. The van der Waals surface area contributed by atoms with Crippen molar-refractivity contribution in [3.63, 3.8) is 0 Å². The number of likely N-dealkylation sites (N-methyl/N-ethyl adjacent to an activating group) is 1. The van der Waals surface area contributed by atoms with Gasteiger partial charge in [0.25, 0.3) is 0 Å². The highest BCUT2D eigenvalue weighted by Gasteiger charge is 2.30. The van der Waals surface area contributed by atoms with Gasteiger partial charge in [0, 0.05) is 26.2 Å². The molecule has 1 heterocycles. The third-order valence-corrected chi connectivity index (χ3v) is 6.80. The van der Waals surface area contributed by atoms with E-state index in [9.17, 15) is 13.2 Å². The molecule has 6 nitrogen and oxygen atoms in total. The van der Waals surface area contributed by atoms with E-state index in [1.807, 2.05) is 19.1 Å². The van der Waals surface area contributed by atoms with Crippen LogP contribution in [0, 0.1) is 6.92 Å². The number of hydrogen-bond acceptors (Lipinski definition) is 4. The Balaban J connectivity index is 1.91. The zero-order valence-corrected chi connectivity index (χ0v) is 17.0. The molecule has 1 aliphatic rings. The number of piperazine rings is 1. The lowest BCUT2D eigenvalue weighted by molar-refractivity contribution is -0.133. The van der Waals surface area contributed by atoms with Gasteiger partial charge in [0.05, 0.1) is 11.4 Å². The van der Waals surface area contributed by atoms with E-state index in [4.69, 9.17) is 0 Å². The van der Waals surface area contributed by atoms with Gasteiger partial charge in [0.1, 0.15) is 0 Å². The van der Waals surface area contributed by atoms with Gasteiger partial charge in [-0.1, -0.05) is 38.0 Å². The number of benzene rings is 1. The van der Waals surface area contributed by atoms with Gasteiger partial charge in [-0.3, -0.25) is 9.69 Å². The monoisotopic (exact) mass is 381 g/mol. The minimum Gasteiger partial charge on any atom is -0.339 e. The molecule has 0 radical (unpaired) electrons. The van der Waals surface area contributed by atoms with Gasteiger partial charge in [-0.25, -0.2) is 8.42 Å². The fourth-order valence-electron chi connectivity index (χ4n) is 3.06. The molecule has 1 fully saturated rings. The summed E-state index contributed by atoms with van der Waals surface area (Å²) < 4.78 is 26.9. The fraction of sp³-hybridized carbons (Fsp3) is 0.632. The van der Waals surface area contributed by atoms with Crippen LogP contribution in [0.1, 0.15) is 32.3 Å². The molecule has 0 spiro atoms. The number of amides is 1. The van der Waals surface area contributed by atoms with Crippen molar-refractivity contribution in [2.45, 2.75) is 38.5 Å². The number of aryl methyl sites for hydroxylation is 1. The average Bonchev–Trinajstić information content (AvgIpc) is 2.65. The number of carbonyl (C=O) groups is 1. The molecular formula is C19H31N3O3S. The highest BCUT2D eigenvalue weighted by Crippen LogP contribution is 2.18. The molecule has 1 saturated heterocycles. The van der Waals surface area contributed by atoms with Crippen LogP contribution in [0.5, 0.6) is 0 Å². The van der Waals surface area contributed by atoms with Gasteiger partial charge < -0.3 is 4.90 Å². The number of nitrogens with zero attached hydrogens (tertiary/aromatic N) is 3. The van der Waals surface area contributed by atoms with Crippen LogP contribution in [0.2, 0.25) is 0 Å². The number of hydrogen-bond donors (Lipinski definition) is 0. The van der Waals surface area contributed by atoms with Gasteiger partial charge in [0.15, 0.2) is 0 Å². The van der Waals surface area contributed by atoms with E-state index in [-0.39, 0.29) is 5.91 Å². The first kappa shape index (κ1) is 20.9. The van der Waals surface area contributed by atoms with E-state index in [1.165, 1.54) is 4.31 Å². The van der Waals surface area contributed by atoms with Crippen LogP contribution in [-0.4, -0.2) is 74.2 Å². The smallest absolute Gasteiger partial charge is 0.243 e. The number of sulfonamides is 1. The Morgan fingerprint density at radius 1 is 1.08 bits per heavy atom. The normalized spacial score (nSPS) is 16.2. The zero-order chi connectivity index (χ0) is 19.2. The lowest BCUT2D eigenvalue weighted by Crippen LogP contribution is -2.52. The predicted molar refractivity (Wildman–Crippen MR) is 104 cm³/mol. The standard InChI is InChI=1S/C19H31N3O3S/c1-4-6-11-20(5-2)16-19(23)21-12-14-22(15-13-21)26(24,25)18-9-7-17(3)8-10-18/h7-10H,4-6,11-16H2,1-3H3. The summed E-state index contributed by atoms with van der Waals surface area (Å²) in [5, 5.41) is 0. The van der Waals surface area contributed by atoms with Crippen molar-refractivity contribution >= 4 is 15.9 Å². The fourth-order valence-corrected chi connectivity index (χ4v) is 4.48. The van der Waals surface area contributed by atoms with Gasteiger partial charge in [0.2, 0.25) is 15.9 Å². The molecule has 0 N–H and O–H groups in total. The Kier molecular flexibility index (Phi) is 7.61. The van der Waals surface area contributed by atoms with Crippen molar-refractivity contribution in [2.24, 2.45) is 0 Å². The van der Waals surface area contributed by atoms with E-state index in [0.717, 1.165) is 31.5 Å². The zero-order valence-electron chi connectivity index (χ0n) is 16.1. The second kappa shape index (κ2) is 9.48. The Morgan fingerprint density at radius 3 is 2.23 bits per heavy atom. The maximum atomic E-state index is 12.7. The number of unbranched alkanes of at least 4 members (excludes halogenated alkanes) is 1. The van der Waals surface area contributed by atoms with Crippen molar-refractivity contribution in [1.29, 1.82) is 0 Å². The summed E-state index contributed by atoms with van der Waals surface area (Å²) in [4.78, 5) is 16.8. The van der Waals surface area contributed by atoms with E-state index in [0.29, 0.717) is 37.6 Å². The van der Waals surface area contributed by atoms with Crippen LogP contribution in [0.4, 0.5) is 0 Å². The number of carbonyl (C=O) groups excluding carboxylic acids is 1. The highest BCUT2D eigenvalue weighted by molar-refractivity contribution is 7.89. The van der Waals surface area contributed by atoms with E-state index >= 15 is 0 Å². The third kappa shape index (κ3) is 5.28. The summed E-state index contributed by atoms with van der Waals surface area (Å²) in [6, 6.07) is 6.91. The Labute approximate surface area is 157 Å². The summed E-state index contributed by atoms with van der Waals surface area (Å²) in [5.41, 5.74) is 1.03.